The number of ether oxygens (including phenoxy) is 1. The van der Waals surface area contributed by atoms with Gasteiger partial charge in [-0.3, -0.25) is 9.69 Å². The predicted octanol–water partition coefficient (Wildman–Crippen LogP) is 2.70. The molecule has 1 fully saturated rings. The van der Waals surface area contributed by atoms with E-state index in [-0.39, 0.29) is 6.42 Å². The molecule has 1 atom stereocenters. The smallest absolute Gasteiger partial charge is 0.303 e. The number of likely N-dealkylation sites (tertiary alicyclic amines) is 1. The summed E-state index contributed by atoms with van der Waals surface area (Å²) in [5, 5.41) is 8.70. The fraction of sp³-hybridized carbons (Fsp3) is 0.533. The number of aliphatic carboxylic acids is 1. The van der Waals surface area contributed by atoms with Gasteiger partial charge >= 0.3 is 5.97 Å². The van der Waals surface area contributed by atoms with Crippen LogP contribution in [-0.4, -0.2) is 36.2 Å². The Kier molecular flexibility index (Phi) is 4.80. The minimum Gasteiger partial charge on any atom is -0.497 e. The molecule has 2 rings (SSSR count). The maximum atomic E-state index is 10.6. The molecule has 1 N–H and O–H groups in total. The molecule has 0 bridgehead atoms. The van der Waals surface area contributed by atoms with Crippen LogP contribution in [0.2, 0.25) is 0 Å². The zero-order valence-corrected chi connectivity index (χ0v) is 11.3. The average molecular weight is 263 g/mol. The second-order valence-electron chi connectivity index (χ2n) is 4.97. The van der Waals surface area contributed by atoms with E-state index in [1.807, 2.05) is 12.1 Å². The summed E-state index contributed by atoms with van der Waals surface area (Å²) in [7, 11) is 1.68. The Morgan fingerprint density at radius 3 is 3.11 bits per heavy atom. The highest BCUT2D eigenvalue weighted by molar-refractivity contribution is 5.66. The van der Waals surface area contributed by atoms with E-state index in [0.717, 1.165) is 31.7 Å². The highest BCUT2D eigenvalue weighted by Crippen LogP contribution is 2.33. The first-order valence-electron chi connectivity index (χ1n) is 6.80. The molecule has 0 aliphatic carbocycles. The van der Waals surface area contributed by atoms with E-state index < -0.39 is 5.97 Å². The molecule has 1 heterocycles. The molecule has 104 valence electrons. The van der Waals surface area contributed by atoms with E-state index in [1.165, 1.54) is 12.0 Å². The van der Waals surface area contributed by atoms with Gasteiger partial charge in [0.15, 0.2) is 0 Å². The van der Waals surface area contributed by atoms with Crippen LogP contribution in [-0.2, 0) is 4.79 Å². The second-order valence-corrected chi connectivity index (χ2v) is 4.97. The molecule has 0 amide bonds. The van der Waals surface area contributed by atoms with Crippen molar-refractivity contribution in [3.05, 3.63) is 29.8 Å². The molecule has 1 aromatic rings. The number of carboxylic acids is 1. The van der Waals surface area contributed by atoms with Crippen molar-refractivity contribution in [2.75, 3.05) is 20.2 Å². The van der Waals surface area contributed by atoms with Crippen LogP contribution in [0.25, 0.3) is 0 Å². The van der Waals surface area contributed by atoms with Crippen LogP contribution in [0.3, 0.4) is 0 Å². The van der Waals surface area contributed by atoms with Crippen molar-refractivity contribution in [3.63, 3.8) is 0 Å². The molecular weight excluding hydrogens is 242 g/mol. The van der Waals surface area contributed by atoms with Gasteiger partial charge < -0.3 is 9.84 Å². The zero-order chi connectivity index (χ0) is 13.7. The summed E-state index contributed by atoms with van der Waals surface area (Å²) in [5.41, 5.74) is 1.27. The van der Waals surface area contributed by atoms with Crippen LogP contribution >= 0.6 is 0 Å². The minimum atomic E-state index is -0.711. The molecule has 0 saturated carbocycles. The van der Waals surface area contributed by atoms with E-state index in [1.54, 1.807) is 7.11 Å². The van der Waals surface area contributed by atoms with Gasteiger partial charge in [-0.05, 0) is 50.0 Å². The van der Waals surface area contributed by atoms with Gasteiger partial charge in [-0.1, -0.05) is 12.1 Å². The number of nitrogens with zero attached hydrogens (tertiary/aromatic N) is 1. The first-order valence-corrected chi connectivity index (χ1v) is 6.80. The van der Waals surface area contributed by atoms with Gasteiger partial charge in [0, 0.05) is 12.5 Å². The Morgan fingerprint density at radius 2 is 2.37 bits per heavy atom. The van der Waals surface area contributed by atoms with E-state index >= 15 is 0 Å². The third-order valence-corrected chi connectivity index (χ3v) is 3.68. The molecule has 19 heavy (non-hydrogen) atoms. The number of carboxylic acid groups (broad SMARTS) is 1. The SMILES string of the molecule is COc1cccc([C@H]2CCCN2CCCC(=O)O)c1. The summed E-state index contributed by atoms with van der Waals surface area (Å²) in [4.78, 5) is 13.0. The lowest BCUT2D eigenvalue weighted by Gasteiger charge is -2.24. The normalized spacial score (nSPS) is 19.5. The lowest BCUT2D eigenvalue weighted by Crippen LogP contribution is -2.24. The average Bonchev–Trinajstić information content (AvgIpc) is 2.87. The number of carbonyl (C=O) groups is 1. The summed E-state index contributed by atoms with van der Waals surface area (Å²) in [5.74, 6) is 0.173. The fourth-order valence-electron chi connectivity index (χ4n) is 2.75. The van der Waals surface area contributed by atoms with Crippen molar-refractivity contribution in [1.29, 1.82) is 0 Å². The highest BCUT2D eigenvalue weighted by Gasteiger charge is 2.25. The Hall–Kier alpha value is -1.55. The fourth-order valence-corrected chi connectivity index (χ4v) is 2.75. The van der Waals surface area contributed by atoms with Gasteiger partial charge in [0.1, 0.15) is 5.75 Å². The first kappa shape index (κ1) is 13.9. The molecule has 1 aliphatic rings. The van der Waals surface area contributed by atoms with E-state index in [2.05, 4.69) is 17.0 Å². The van der Waals surface area contributed by atoms with Crippen molar-refractivity contribution in [2.45, 2.75) is 31.7 Å². The number of hydrogen-bond donors (Lipinski definition) is 1. The lowest BCUT2D eigenvalue weighted by molar-refractivity contribution is -0.137. The summed E-state index contributed by atoms with van der Waals surface area (Å²) in [6.07, 6.45) is 3.28. The monoisotopic (exact) mass is 263 g/mol. The van der Waals surface area contributed by atoms with E-state index in [9.17, 15) is 4.79 Å². The number of methoxy groups -OCH3 is 1. The number of hydrogen-bond acceptors (Lipinski definition) is 3. The zero-order valence-electron chi connectivity index (χ0n) is 11.3. The lowest BCUT2D eigenvalue weighted by atomic mass is 10.0. The van der Waals surface area contributed by atoms with Crippen molar-refractivity contribution >= 4 is 5.97 Å². The molecule has 1 saturated heterocycles. The Bertz CT molecular complexity index is 433. The van der Waals surface area contributed by atoms with Crippen molar-refractivity contribution in [1.82, 2.24) is 4.90 Å². The second kappa shape index (κ2) is 6.57. The molecule has 1 aliphatic heterocycles. The molecule has 0 spiro atoms. The Morgan fingerprint density at radius 1 is 1.53 bits per heavy atom. The molecule has 4 heteroatoms. The topological polar surface area (TPSA) is 49.8 Å². The first-order chi connectivity index (χ1) is 9.20. The van der Waals surface area contributed by atoms with Crippen LogP contribution in [0.5, 0.6) is 5.75 Å². The van der Waals surface area contributed by atoms with Gasteiger partial charge in [0.05, 0.1) is 7.11 Å². The van der Waals surface area contributed by atoms with Crippen molar-refractivity contribution in [3.8, 4) is 5.75 Å². The van der Waals surface area contributed by atoms with Gasteiger partial charge in [-0.15, -0.1) is 0 Å². The molecule has 1 aromatic carbocycles. The van der Waals surface area contributed by atoms with Crippen LogP contribution in [0, 0.1) is 0 Å². The standard InChI is InChI=1S/C15H21NO3/c1-19-13-6-2-5-12(11-13)14-7-3-9-16(14)10-4-8-15(17)18/h2,5-6,11,14H,3-4,7-10H2,1H3,(H,17,18)/t14-/m1/s1. The van der Waals surface area contributed by atoms with Gasteiger partial charge in [-0.25, -0.2) is 0 Å². The quantitative estimate of drug-likeness (QED) is 0.857. The van der Waals surface area contributed by atoms with Crippen LogP contribution in [0.15, 0.2) is 24.3 Å². The van der Waals surface area contributed by atoms with Crippen LogP contribution < -0.4 is 4.74 Å². The number of benzene rings is 1. The summed E-state index contributed by atoms with van der Waals surface area (Å²) in [6.45, 7) is 1.91. The predicted molar refractivity (Wildman–Crippen MR) is 73.4 cm³/mol. The molecular formula is C15H21NO3. The van der Waals surface area contributed by atoms with Crippen LogP contribution in [0.1, 0.15) is 37.3 Å². The van der Waals surface area contributed by atoms with Crippen molar-refractivity contribution in [2.24, 2.45) is 0 Å². The largest absolute Gasteiger partial charge is 0.497 e. The summed E-state index contributed by atoms with van der Waals surface area (Å²) in [6, 6.07) is 8.58. The van der Waals surface area contributed by atoms with Gasteiger partial charge in [0.2, 0.25) is 0 Å². The minimum absolute atomic E-state index is 0.251. The summed E-state index contributed by atoms with van der Waals surface area (Å²) >= 11 is 0. The molecule has 0 unspecified atom stereocenters. The Balaban J connectivity index is 1.99. The maximum absolute atomic E-state index is 10.6. The summed E-state index contributed by atoms with van der Waals surface area (Å²) < 4.78 is 5.27. The van der Waals surface area contributed by atoms with E-state index in [0.29, 0.717) is 6.04 Å². The van der Waals surface area contributed by atoms with Crippen LogP contribution in [0.4, 0.5) is 0 Å². The highest BCUT2D eigenvalue weighted by atomic mass is 16.5. The van der Waals surface area contributed by atoms with Crippen molar-refractivity contribution < 1.29 is 14.6 Å². The molecule has 0 radical (unpaired) electrons. The van der Waals surface area contributed by atoms with Gasteiger partial charge in [0.25, 0.3) is 0 Å². The maximum Gasteiger partial charge on any atom is 0.303 e. The number of rotatable bonds is 6. The molecule has 4 nitrogen and oxygen atoms in total. The Labute approximate surface area is 114 Å². The third-order valence-electron chi connectivity index (χ3n) is 3.68. The third kappa shape index (κ3) is 3.70. The van der Waals surface area contributed by atoms with Gasteiger partial charge in [-0.2, -0.15) is 0 Å². The van der Waals surface area contributed by atoms with E-state index in [4.69, 9.17) is 9.84 Å². The molecule has 0 aromatic heterocycles.